The maximum atomic E-state index is 13.6. The highest BCUT2D eigenvalue weighted by atomic mass is 35.5. The van der Waals surface area contributed by atoms with E-state index in [9.17, 15) is 22.4 Å². The van der Waals surface area contributed by atoms with Crippen molar-refractivity contribution in [3.05, 3.63) is 51.4 Å². The second kappa shape index (κ2) is 9.40. The lowest BCUT2D eigenvalue weighted by Crippen LogP contribution is -2.27. The van der Waals surface area contributed by atoms with Gasteiger partial charge in [-0.1, -0.05) is 60.1 Å². The lowest BCUT2D eigenvalue weighted by molar-refractivity contribution is -0.137. The Morgan fingerprint density at radius 3 is 2.55 bits per heavy atom. The third kappa shape index (κ3) is 5.90. The Hall–Kier alpha value is -1.71. The molecule has 0 radical (unpaired) electrons. The van der Waals surface area contributed by atoms with Gasteiger partial charge in [0.15, 0.2) is 5.12 Å². The number of thioether (sulfide) groups is 1. The molecule has 0 aliphatic rings. The molecule has 11 heteroatoms. The molecule has 0 aliphatic carbocycles. The predicted octanol–water partition coefficient (Wildman–Crippen LogP) is 5.99. The van der Waals surface area contributed by atoms with Gasteiger partial charge in [-0.3, -0.25) is 4.79 Å². The minimum atomic E-state index is -4.46. The van der Waals surface area contributed by atoms with Crippen LogP contribution in [0.15, 0.2) is 24.3 Å². The molecule has 0 fully saturated rings. The van der Waals surface area contributed by atoms with Crippen molar-refractivity contribution in [1.29, 1.82) is 0 Å². The number of nitrogen functional groups attached to an aromatic ring is 1. The first-order chi connectivity index (χ1) is 13.4. The van der Waals surface area contributed by atoms with Crippen LogP contribution in [-0.4, -0.2) is 16.2 Å². The Morgan fingerprint density at radius 1 is 1.28 bits per heavy atom. The number of carbonyl (C=O) groups is 1. The molecule has 0 saturated carbocycles. The molecule has 0 spiro atoms. The lowest BCUT2D eigenvalue weighted by Gasteiger charge is -2.21. The van der Waals surface area contributed by atoms with Crippen molar-refractivity contribution >= 4 is 45.8 Å². The van der Waals surface area contributed by atoms with E-state index < -0.39 is 34.7 Å². The normalized spacial score (nSPS) is 13.8. The van der Waals surface area contributed by atoms with Crippen LogP contribution in [0.4, 0.5) is 23.2 Å². The van der Waals surface area contributed by atoms with Crippen LogP contribution in [0.25, 0.3) is 0 Å². The van der Waals surface area contributed by atoms with E-state index in [0.29, 0.717) is 5.56 Å². The molecule has 2 atom stereocenters. The molecule has 2 N–H and O–H groups in total. The third-order valence-corrected chi connectivity index (χ3v) is 5.91. The van der Waals surface area contributed by atoms with Crippen molar-refractivity contribution in [2.75, 3.05) is 5.73 Å². The lowest BCUT2D eigenvalue weighted by atomic mass is 10.1. The van der Waals surface area contributed by atoms with Crippen LogP contribution in [0.2, 0.25) is 10.0 Å². The number of halogens is 6. The molecule has 1 aromatic carbocycles. The van der Waals surface area contributed by atoms with E-state index in [1.54, 1.807) is 13.8 Å². The van der Waals surface area contributed by atoms with Gasteiger partial charge in [-0.15, -0.1) is 0 Å². The molecule has 0 bridgehead atoms. The topological polar surface area (TPSA) is 65.2 Å². The Labute approximate surface area is 178 Å². The van der Waals surface area contributed by atoms with Gasteiger partial charge in [0.25, 0.3) is 0 Å². The number of carbonyl (C=O) groups excluding carboxylic acids is 1. The number of aromatic nitrogens is 1. The number of pyridine rings is 1. The summed E-state index contributed by atoms with van der Waals surface area (Å²) < 4.78 is 57.4. The summed E-state index contributed by atoms with van der Waals surface area (Å²) in [4.78, 5) is 15.9. The van der Waals surface area contributed by atoms with Crippen LogP contribution in [0.1, 0.15) is 25.0 Å². The Kier molecular flexibility index (Phi) is 7.64. The average Bonchev–Trinajstić information content (AvgIpc) is 2.67. The number of rotatable bonds is 6. The fraction of sp³-hybridized carbons (Fsp3) is 0.333. The van der Waals surface area contributed by atoms with Gasteiger partial charge >= 0.3 is 6.18 Å². The Bertz CT molecular complexity index is 912. The standard InChI is InChI=1S/C18H16Cl2F4N2O2S/c1-8(9(2)28-16-13(20)14(25)12(19)15(21)26-16)17(27)29-7-10-4-3-5-11(6-10)18(22,23)24/h3-6,8-9H,7H2,1-2H3,(H2,25,26)/t8-,9?/m0/s1. The van der Waals surface area contributed by atoms with E-state index in [2.05, 4.69) is 4.98 Å². The minimum Gasteiger partial charge on any atom is -0.473 e. The zero-order valence-corrected chi connectivity index (χ0v) is 17.5. The second-order valence-electron chi connectivity index (χ2n) is 6.17. The maximum absolute atomic E-state index is 13.6. The van der Waals surface area contributed by atoms with Crippen LogP contribution in [0, 0.1) is 11.9 Å². The highest BCUT2D eigenvalue weighted by molar-refractivity contribution is 8.13. The quantitative estimate of drug-likeness (QED) is 0.414. The molecule has 1 unspecified atom stereocenters. The van der Waals surface area contributed by atoms with Gasteiger partial charge in [-0.2, -0.15) is 22.5 Å². The van der Waals surface area contributed by atoms with Gasteiger partial charge < -0.3 is 10.5 Å². The number of hydrogen-bond donors (Lipinski definition) is 1. The van der Waals surface area contributed by atoms with E-state index in [4.69, 9.17) is 33.7 Å². The molecule has 158 valence electrons. The molecule has 0 saturated heterocycles. The van der Waals surface area contributed by atoms with E-state index in [1.165, 1.54) is 12.1 Å². The first-order valence-corrected chi connectivity index (χ1v) is 9.95. The SMILES string of the molecule is CC(Oc1nc(F)c(Cl)c(N)c1Cl)[C@H](C)C(=O)SCc1cccc(C(F)(F)F)c1. The molecule has 0 aliphatic heterocycles. The molecular formula is C18H16Cl2F4N2O2S. The van der Waals surface area contributed by atoms with Crippen molar-refractivity contribution in [3.63, 3.8) is 0 Å². The van der Waals surface area contributed by atoms with E-state index in [1.807, 2.05) is 0 Å². The highest BCUT2D eigenvalue weighted by Gasteiger charge is 2.30. The average molecular weight is 471 g/mol. The Balaban J connectivity index is 2.02. The van der Waals surface area contributed by atoms with Crippen molar-refractivity contribution in [1.82, 2.24) is 4.98 Å². The fourth-order valence-electron chi connectivity index (χ4n) is 2.18. The molecule has 1 heterocycles. The smallest absolute Gasteiger partial charge is 0.416 e. The summed E-state index contributed by atoms with van der Waals surface area (Å²) in [6.45, 7) is 3.11. The summed E-state index contributed by atoms with van der Waals surface area (Å²) in [6, 6.07) is 4.74. The van der Waals surface area contributed by atoms with Crippen LogP contribution < -0.4 is 10.5 Å². The highest BCUT2D eigenvalue weighted by Crippen LogP contribution is 2.36. The van der Waals surface area contributed by atoms with Crippen LogP contribution >= 0.6 is 35.0 Å². The third-order valence-electron chi connectivity index (χ3n) is 4.05. The number of anilines is 1. The van der Waals surface area contributed by atoms with Crippen molar-refractivity contribution in [2.45, 2.75) is 31.9 Å². The van der Waals surface area contributed by atoms with Crippen LogP contribution in [0.5, 0.6) is 5.88 Å². The largest absolute Gasteiger partial charge is 0.473 e. The second-order valence-corrected chi connectivity index (χ2v) is 7.90. The van der Waals surface area contributed by atoms with E-state index in [0.717, 1.165) is 23.9 Å². The Morgan fingerprint density at radius 2 is 1.93 bits per heavy atom. The summed E-state index contributed by atoms with van der Waals surface area (Å²) in [7, 11) is 0. The first-order valence-electron chi connectivity index (χ1n) is 8.21. The molecule has 29 heavy (non-hydrogen) atoms. The number of nitrogens with two attached hydrogens (primary N) is 1. The molecular weight excluding hydrogens is 455 g/mol. The van der Waals surface area contributed by atoms with Crippen LogP contribution in [-0.2, 0) is 16.7 Å². The summed E-state index contributed by atoms with van der Waals surface area (Å²) in [5.41, 5.74) is 4.92. The number of alkyl halides is 3. The molecule has 1 aromatic heterocycles. The summed E-state index contributed by atoms with van der Waals surface area (Å²) in [5, 5.41) is -0.941. The zero-order chi connectivity index (χ0) is 21.9. The number of nitrogens with zero attached hydrogens (tertiary/aromatic N) is 1. The summed E-state index contributed by atoms with van der Waals surface area (Å²) in [5.74, 6) is -2.00. The molecule has 4 nitrogen and oxygen atoms in total. The van der Waals surface area contributed by atoms with Crippen molar-refractivity contribution in [3.8, 4) is 5.88 Å². The number of benzene rings is 1. The summed E-state index contributed by atoms with van der Waals surface area (Å²) in [6.07, 6.45) is -5.22. The fourth-order valence-corrected chi connectivity index (χ4v) is 3.49. The van der Waals surface area contributed by atoms with Gasteiger partial charge in [0.1, 0.15) is 16.1 Å². The number of ether oxygens (including phenoxy) is 1. The van der Waals surface area contributed by atoms with E-state index in [-0.39, 0.29) is 27.5 Å². The summed E-state index contributed by atoms with van der Waals surface area (Å²) >= 11 is 12.4. The molecule has 2 rings (SSSR count). The minimum absolute atomic E-state index is 0.0569. The van der Waals surface area contributed by atoms with Gasteiger partial charge in [0.05, 0.1) is 17.2 Å². The van der Waals surface area contributed by atoms with Crippen molar-refractivity contribution in [2.24, 2.45) is 5.92 Å². The monoisotopic (exact) mass is 470 g/mol. The zero-order valence-electron chi connectivity index (χ0n) is 15.2. The molecule has 0 amide bonds. The van der Waals surface area contributed by atoms with E-state index >= 15 is 0 Å². The van der Waals surface area contributed by atoms with Gasteiger partial charge in [-0.25, -0.2) is 0 Å². The number of hydrogen-bond acceptors (Lipinski definition) is 5. The van der Waals surface area contributed by atoms with Crippen LogP contribution in [0.3, 0.4) is 0 Å². The molecule has 2 aromatic rings. The van der Waals surface area contributed by atoms with Crippen molar-refractivity contribution < 1.29 is 27.1 Å². The predicted molar refractivity (Wildman–Crippen MR) is 106 cm³/mol. The first kappa shape index (κ1) is 23.6. The maximum Gasteiger partial charge on any atom is 0.416 e. The van der Waals surface area contributed by atoms with Gasteiger partial charge in [-0.05, 0) is 18.6 Å². The van der Waals surface area contributed by atoms with Gasteiger partial charge in [0.2, 0.25) is 11.8 Å². The van der Waals surface area contributed by atoms with Gasteiger partial charge in [0, 0.05) is 5.75 Å².